The number of hydrogen-bond donors (Lipinski definition) is 2. The van der Waals surface area contributed by atoms with Gasteiger partial charge in [-0.1, -0.05) is 17.7 Å². The van der Waals surface area contributed by atoms with Crippen molar-refractivity contribution in [1.29, 1.82) is 0 Å². The smallest absolute Gasteiger partial charge is 0.403 e. The lowest BCUT2D eigenvalue weighted by Gasteiger charge is -2.19. The van der Waals surface area contributed by atoms with Crippen LogP contribution in [0.15, 0.2) is 47.4 Å². The van der Waals surface area contributed by atoms with Crippen molar-refractivity contribution in [2.75, 3.05) is 13.7 Å². The Hall–Kier alpha value is -3.51. The van der Waals surface area contributed by atoms with E-state index in [0.717, 1.165) is 24.3 Å². The van der Waals surface area contributed by atoms with E-state index in [2.05, 4.69) is 25.0 Å². The molecule has 0 aliphatic heterocycles. The van der Waals surface area contributed by atoms with Crippen LogP contribution in [0.2, 0.25) is 5.02 Å². The fraction of sp³-hybridized carbons (Fsp3) is 0.200. The molecule has 0 aliphatic carbocycles. The Kier molecular flexibility index (Phi) is 7.29. The molecule has 0 radical (unpaired) electrons. The molecule has 0 bridgehead atoms. The summed E-state index contributed by atoms with van der Waals surface area (Å²) in [7, 11) is 1.31. The Morgan fingerprint density at radius 2 is 2.00 bits per heavy atom. The minimum Gasteiger partial charge on any atom is -0.403 e. The first kappa shape index (κ1) is 24.1. The SMILES string of the molecule is COCC(NC(=O)c1cc(=O)[nH]c(-c2ccc(Cl)cn2)n1)c1ccc(OC(F)(F)F)c(F)c1. The Morgan fingerprint density at radius 3 is 2.61 bits per heavy atom. The molecule has 1 atom stereocenters. The number of carbonyl (C=O) groups excluding carboxylic acids is 1. The standard InChI is InChI=1S/C20H15ClF4N4O4/c1-32-9-15(10-2-5-16(12(22)6-10)33-20(23,24)25)28-19(31)14-7-17(30)29-18(27-14)13-4-3-11(21)8-26-13/h2-8,15H,9H2,1H3,(H,28,31)(H,27,29,30). The number of methoxy groups -OCH3 is 1. The van der Waals surface area contributed by atoms with E-state index < -0.39 is 35.4 Å². The van der Waals surface area contributed by atoms with Crippen LogP contribution in [0.4, 0.5) is 17.6 Å². The molecule has 3 aromatic rings. The number of H-pyrrole nitrogens is 1. The van der Waals surface area contributed by atoms with E-state index in [4.69, 9.17) is 16.3 Å². The van der Waals surface area contributed by atoms with E-state index in [9.17, 15) is 27.2 Å². The van der Waals surface area contributed by atoms with Gasteiger partial charge in [0.05, 0.1) is 17.7 Å². The number of aromatic amines is 1. The van der Waals surface area contributed by atoms with Crippen LogP contribution in [0.3, 0.4) is 0 Å². The van der Waals surface area contributed by atoms with Gasteiger partial charge in [0, 0.05) is 19.4 Å². The van der Waals surface area contributed by atoms with Gasteiger partial charge in [0.25, 0.3) is 11.5 Å². The van der Waals surface area contributed by atoms with Crippen LogP contribution >= 0.6 is 11.6 Å². The van der Waals surface area contributed by atoms with E-state index in [1.54, 1.807) is 0 Å². The second-order valence-corrected chi connectivity index (χ2v) is 7.00. The van der Waals surface area contributed by atoms with E-state index in [1.165, 1.54) is 25.4 Å². The van der Waals surface area contributed by atoms with Gasteiger partial charge < -0.3 is 19.8 Å². The maximum absolute atomic E-state index is 14.1. The second kappa shape index (κ2) is 9.96. The summed E-state index contributed by atoms with van der Waals surface area (Å²) in [4.78, 5) is 35.3. The lowest BCUT2D eigenvalue weighted by Crippen LogP contribution is -2.33. The Morgan fingerprint density at radius 1 is 1.24 bits per heavy atom. The molecule has 0 spiro atoms. The van der Waals surface area contributed by atoms with Crippen molar-refractivity contribution in [3.8, 4) is 17.3 Å². The fourth-order valence-electron chi connectivity index (χ4n) is 2.77. The molecule has 33 heavy (non-hydrogen) atoms. The Balaban J connectivity index is 1.86. The molecular weight excluding hydrogens is 472 g/mol. The van der Waals surface area contributed by atoms with E-state index >= 15 is 0 Å². The number of pyridine rings is 1. The summed E-state index contributed by atoms with van der Waals surface area (Å²) in [6, 6.07) is 5.68. The minimum absolute atomic E-state index is 0.00676. The molecule has 2 aromatic heterocycles. The molecule has 1 amide bonds. The van der Waals surface area contributed by atoms with E-state index in [0.29, 0.717) is 5.02 Å². The van der Waals surface area contributed by atoms with Crippen LogP contribution < -0.4 is 15.6 Å². The van der Waals surface area contributed by atoms with E-state index in [-0.39, 0.29) is 29.4 Å². The predicted octanol–water partition coefficient (Wildman–Crippen LogP) is 3.64. The zero-order chi connectivity index (χ0) is 24.2. The lowest BCUT2D eigenvalue weighted by atomic mass is 10.1. The van der Waals surface area contributed by atoms with Gasteiger partial charge >= 0.3 is 6.36 Å². The molecule has 2 N–H and O–H groups in total. The highest BCUT2D eigenvalue weighted by molar-refractivity contribution is 6.30. The third kappa shape index (κ3) is 6.49. The van der Waals surface area contributed by atoms with Gasteiger partial charge in [-0.05, 0) is 29.8 Å². The van der Waals surface area contributed by atoms with Crippen LogP contribution in [-0.4, -0.2) is 40.9 Å². The first-order valence-corrected chi connectivity index (χ1v) is 9.52. The highest BCUT2D eigenvalue weighted by atomic mass is 35.5. The average molecular weight is 487 g/mol. The normalized spacial score (nSPS) is 12.3. The lowest BCUT2D eigenvalue weighted by molar-refractivity contribution is -0.275. The van der Waals surface area contributed by atoms with Crippen molar-refractivity contribution < 1.29 is 31.8 Å². The summed E-state index contributed by atoms with van der Waals surface area (Å²) in [6.45, 7) is -0.153. The van der Waals surface area contributed by atoms with Crippen molar-refractivity contribution in [2.45, 2.75) is 12.4 Å². The van der Waals surface area contributed by atoms with Crippen LogP contribution in [0, 0.1) is 5.82 Å². The van der Waals surface area contributed by atoms with Gasteiger partial charge in [-0.2, -0.15) is 0 Å². The van der Waals surface area contributed by atoms with Crippen molar-refractivity contribution in [2.24, 2.45) is 0 Å². The average Bonchev–Trinajstić information content (AvgIpc) is 2.74. The topological polar surface area (TPSA) is 106 Å². The van der Waals surface area contributed by atoms with Gasteiger partial charge in [0.2, 0.25) is 0 Å². The number of amides is 1. The first-order chi connectivity index (χ1) is 15.6. The number of ether oxygens (including phenoxy) is 2. The molecule has 0 saturated heterocycles. The van der Waals surface area contributed by atoms with Crippen LogP contribution in [-0.2, 0) is 4.74 Å². The summed E-state index contributed by atoms with van der Waals surface area (Å²) in [6.07, 6.45) is -3.73. The molecule has 8 nitrogen and oxygen atoms in total. The summed E-state index contributed by atoms with van der Waals surface area (Å²) < 4.78 is 59.8. The van der Waals surface area contributed by atoms with Gasteiger partial charge in [-0.15, -0.1) is 13.2 Å². The molecule has 3 rings (SSSR count). The molecule has 1 unspecified atom stereocenters. The maximum atomic E-state index is 14.1. The van der Waals surface area contributed by atoms with Gasteiger partial charge in [0.1, 0.15) is 11.4 Å². The van der Waals surface area contributed by atoms with Crippen molar-refractivity contribution >= 4 is 17.5 Å². The molecule has 2 heterocycles. The van der Waals surface area contributed by atoms with Gasteiger partial charge in [-0.25, -0.2) is 9.37 Å². The number of nitrogens with zero attached hydrogens (tertiary/aromatic N) is 2. The number of hydrogen-bond acceptors (Lipinski definition) is 6. The predicted molar refractivity (Wildman–Crippen MR) is 108 cm³/mol. The number of aromatic nitrogens is 3. The quantitative estimate of drug-likeness (QED) is 0.494. The van der Waals surface area contributed by atoms with Crippen LogP contribution in [0.25, 0.3) is 11.5 Å². The summed E-state index contributed by atoms with van der Waals surface area (Å²) in [5.41, 5.74) is -0.558. The number of carbonyl (C=O) groups is 1. The maximum Gasteiger partial charge on any atom is 0.573 e. The molecule has 0 aliphatic rings. The zero-order valence-electron chi connectivity index (χ0n) is 16.7. The molecule has 0 saturated carbocycles. The summed E-state index contributed by atoms with van der Waals surface area (Å²) in [5.74, 6) is -3.11. The molecule has 174 valence electrons. The van der Waals surface area contributed by atoms with Crippen molar-refractivity contribution in [3.05, 3.63) is 75.0 Å². The van der Waals surface area contributed by atoms with E-state index in [1.807, 2.05) is 0 Å². The van der Waals surface area contributed by atoms with Crippen molar-refractivity contribution in [3.63, 3.8) is 0 Å². The highest BCUT2D eigenvalue weighted by Gasteiger charge is 2.32. The molecular formula is C20H15ClF4N4O4. The largest absolute Gasteiger partial charge is 0.573 e. The summed E-state index contributed by atoms with van der Waals surface area (Å²) in [5, 5.41) is 2.87. The number of nitrogens with one attached hydrogen (secondary N) is 2. The Labute approximate surface area is 188 Å². The number of benzene rings is 1. The molecule has 1 aromatic carbocycles. The summed E-state index contributed by atoms with van der Waals surface area (Å²) >= 11 is 5.79. The van der Waals surface area contributed by atoms with Gasteiger partial charge in [-0.3, -0.25) is 14.6 Å². The zero-order valence-corrected chi connectivity index (χ0v) is 17.5. The minimum atomic E-state index is -5.06. The number of rotatable bonds is 7. The first-order valence-electron chi connectivity index (χ1n) is 9.14. The number of halogens is 5. The van der Waals surface area contributed by atoms with Crippen LogP contribution in [0.5, 0.6) is 5.75 Å². The third-order valence-electron chi connectivity index (χ3n) is 4.17. The third-order valence-corrected chi connectivity index (χ3v) is 4.39. The Bertz CT molecular complexity index is 1200. The second-order valence-electron chi connectivity index (χ2n) is 6.56. The fourth-order valence-corrected chi connectivity index (χ4v) is 2.88. The number of alkyl halides is 3. The van der Waals surface area contributed by atoms with Gasteiger partial charge in [0.15, 0.2) is 17.4 Å². The molecule has 0 fully saturated rings. The monoisotopic (exact) mass is 486 g/mol. The van der Waals surface area contributed by atoms with Crippen LogP contribution in [0.1, 0.15) is 22.1 Å². The van der Waals surface area contributed by atoms with Crippen molar-refractivity contribution in [1.82, 2.24) is 20.3 Å². The molecule has 13 heteroatoms. The highest BCUT2D eigenvalue weighted by Crippen LogP contribution is 2.28.